The molecule has 3 N–H and O–H groups in total. The van der Waals surface area contributed by atoms with Gasteiger partial charge in [0.2, 0.25) is 15.9 Å². The number of carbonyl (C=O) groups is 1. The van der Waals surface area contributed by atoms with Crippen molar-refractivity contribution in [2.75, 3.05) is 12.3 Å². The molecule has 0 aliphatic heterocycles. The first-order chi connectivity index (χ1) is 12.9. The average molecular weight is 410 g/mol. The van der Waals surface area contributed by atoms with Crippen LogP contribution in [0.2, 0.25) is 0 Å². The molecule has 0 atom stereocenters. The molecule has 0 radical (unpaired) electrons. The van der Waals surface area contributed by atoms with Gasteiger partial charge in [-0.15, -0.1) is 10.2 Å². The first-order valence-electron chi connectivity index (χ1n) is 8.83. The summed E-state index contributed by atoms with van der Waals surface area (Å²) in [6.07, 6.45) is 2.95. The van der Waals surface area contributed by atoms with Crippen LogP contribution in [-0.2, 0) is 27.8 Å². The normalized spacial score (nSPS) is 14.3. The van der Waals surface area contributed by atoms with E-state index in [-0.39, 0.29) is 16.6 Å². The zero-order valence-corrected chi connectivity index (χ0v) is 16.7. The molecule has 8 nitrogen and oxygen atoms in total. The van der Waals surface area contributed by atoms with Crippen molar-refractivity contribution in [2.45, 2.75) is 48.7 Å². The number of thioether (sulfide) groups is 1. The highest BCUT2D eigenvalue weighted by Gasteiger charge is 2.30. The number of hydrogen-bond donors (Lipinski definition) is 2. The summed E-state index contributed by atoms with van der Waals surface area (Å²) in [5, 5.41) is 17.2. The standard InChI is InChI=1S/C17H23N5O3S2/c1-2-22-16(13-5-6-13)20-21-17(22)26-11-15(23)19-10-9-12-3-7-14(8-4-12)27(18,24)25/h3-4,7-8,13H,2,5-6,9-11H2,1H3,(H,19,23)(H2,18,24,25). The van der Waals surface area contributed by atoms with Gasteiger partial charge in [0.05, 0.1) is 10.6 Å². The van der Waals surface area contributed by atoms with E-state index in [1.165, 1.54) is 36.7 Å². The number of carbonyl (C=O) groups excluding carboxylic acids is 1. The van der Waals surface area contributed by atoms with Gasteiger partial charge in [-0.25, -0.2) is 13.6 Å². The Bertz CT molecular complexity index is 905. The topological polar surface area (TPSA) is 120 Å². The second-order valence-corrected chi connectivity index (χ2v) is 8.94. The number of sulfonamides is 1. The fourth-order valence-corrected chi connectivity index (χ4v) is 4.08. The summed E-state index contributed by atoms with van der Waals surface area (Å²) >= 11 is 1.39. The van der Waals surface area contributed by atoms with Crippen molar-refractivity contribution in [2.24, 2.45) is 5.14 Å². The second kappa shape index (κ2) is 8.41. The number of amides is 1. The molecule has 27 heavy (non-hydrogen) atoms. The third-order valence-corrected chi connectivity index (χ3v) is 6.22. The lowest BCUT2D eigenvalue weighted by atomic mass is 10.1. The van der Waals surface area contributed by atoms with Gasteiger partial charge in [0, 0.05) is 19.0 Å². The van der Waals surface area contributed by atoms with Gasteiger partial charge in [0.1, 0.15) is 5.82 Å². The quantitative estimate of drug-likeness (QED) is 0.602. The van der Waals surface area contributed by atoms with E-state index in [1.807, 2.05) is 0 Å². The summed E-state index contributed by atoms with van der Waals surface area (Å²) in [6, 6.07) is 6.34. The van der Waals surface area contributed by atoms with E-state index in [9.17, 15) is 13.2 Å². The highest BCUT2D eigenvalue weighted by Crippen LogP contribution is 2.39. The molecular weight excluding hydrogens is 386 g/mol. The molecule has 0 spiro atoms. The van der Waals surface area contributed by atoms with E-state index in [0.29, 0.717) is 18.9 Å². The number of nitrogens with two attached hydrogens (primary N) is 1. The van der Waals surface area contributed by atoms with Gasteiger partial charge in [-0.1, -0.05) is 23.9 Å². The minimum Gasteiger partial charge on any atom is -0.355 e. The monoisotopic (exact) mass is 409 g/mol. The lowest BCUT2D eigenvalue weighted by molar-refractivity contribution is -0.118. The smallest absolute Gasteiger partial charge is 0.238 e. The second-order valence-electron chi connectivity index (χ2n) is 6.44. The molecule has 1 aromatic heterocycles. The molecule has 1 aromatic carbocycles. The zero-order valence-electron chi connectivity index (χ0n) is 15.1. The fourth-order valence-electron chi connectivity index (χ4n) is 2.72. The molecule has 2 aromatic rings. The van der Waals surface area contributed by atoms with Crippen LogP contribution in [0.25, 0.3) is 0 Å². The Labute approximate surface area is 163 Å². The maximum Gasteiger partial charge on any atom is 0.238 e. The van der Waals surface area contributed by atoms with Gasteiger partial charge in [0.15, 0.2) is 5.16 Å². The van der Waals surface area contributed by atoms with Crippen molar-refractivity contribution < 1.29 is 13.2 Å². The molecule has 1 amide bonds. The van der Waals surface area contributed by atoms with Crippen LogP contribution in [0.3, 0.4) is 0 Å². The van der Waals surface area contributed by atoms with E-state index in [1.54, 1.807) is 12.1 Å². The van der Waals surface area contributed by atoms with Crippen LogP contribution in [0, 0.1) is 0 Å². The van der Waals surface area contributed by atoms with Crippen LogP contribution in [-0.4, -0.2) is 41.4 Å². The van der Waals surface area contributed by atoms with Gasteiger partial charge in [-0.2, -0.15) is 0 Å². The first-order valence-corrected chi connectivity index (χ1v) is 11.4. The van der Waals surface area contributed by atoms with Crippen LogP contribution in [0.4, 0.5) is 0 Å². The van der Waals surface area contributed by atoms with Crippen molar-refractivity contribution in [3.05, 3.63) is 35.7 Å². The number of aromatic nitrogens is 3. The molecule has 0 saturated heterocycles. The van der Waals surface area contributed by atoms with Crippen molar-refractivity contribution in [1.82, 2.24) is 20.1 Å². The molecular formula is C17H23N5O3S2. The zero-order chi connectivity index (χ0) is 19.4. The first kappa shape index (κ1) is 19.8. The van der Waals surface area contributed by atoms with Crippen LogP contribution in [0.15, 0.2) is 34.3 Å². The minimum absolute atomic E-state index is 0.0696. The van der Waals surface area contributed by atoms with Crippen molar-refractivity contribution in [3.8, 4) is 0 Å². The summed E-state index contributed by atoms with van der Waals surface area (Å²) in [6.45, 7) is 3.33. The molecule has 10 heteroatoms. The molecule has 146 valence electrons. The van der Waals surface area contributed by atoms with Gasteiger partial charge < -0.3 is 9.88 Å². The van der Waals surface area contributed by atoms with Crippen LogP contribution in [0.5, 0.6) is 0 Å². The van der Waals surface area contributed by atoms with E-state index in [4.69, 9.17) is 5.14 Å². The molecule has 1 saturated carbocycles. The predicted molar refractivity (Wildman–Crippen MR) is 103 cm³/mol. The third-order valence-electron chi connectivity index (χ3n) is 4.32. The predicted octanol–water partition coefficient (Wildman–Crippen LogP) is 1.27. The maximum absolute atomic E-state index is 12.1. The number of hydrogen-bond acceptors (Lipinski definition) is 6. The van der Waals surface area contributed by atoms with Crippen LogP contribution in [0.1, 0.15) is 37.1 Å². The van der Waals surface area contributed by atoms with E-state index in [2.05, 4.69) is 27.0 Å². The largest absolute Gasteiger partial charge is 0.355 e. The summed E-state index contributed by atoms with van der Waals surface area (Å²) in [5.41, 5.74) is 0.926. The number of primary sulfonamides is 1. The summed E-state index contributed by atoms with van der Waals surface area (Å²) in [7, 11) is -3.68. The number of nitrogens with zero attached hydrogens (tertiary/aromatic N) is 3. The molecule has 1 fully saturated rings. The summed E-state index contributed by atoms with van der Waals surface area (Å²) in [4.78, 5) is 12.1. The van der Waals surface area contributed by atoms with Crippen molar-refractivity contribution in [1.29, 1.82) is 0 Å². The molecule has 0 unspecified atom stereocenters. The highest BCUT2D eigenvalue weighted by molar-refractivity contribution is 7.99. The maximum atomic E-state index is 12.1. The highest BCUT2D eigenvalue weighted by atomic mass is 32.2. The minimum atomic E-state index is -3.68. The Hall–Kier alpha value is -1.91. The van der Waals surface area contributed by atoms with Crippen molar-refractivity contribution >= 4 is 27.7 Å². The van der Waals surface area contributed by atoms with Crippen molar-refractivity contribution in [3.63, 3.8) is 0 Å². The van der Waals surface area contributed by atoms with Gasteiger partial charge in [-0.05, 0) is 43.9 Å². The molecule has 0 bridgehead atoms. The Morgan fingerprint density at radius 2 is 2.00 bits per heavy atom. The summed E-state index contributed by atoms with van der Waals surface area (Å²) in [5.74, 6) is 1.78. The Morgan fingerprint density at radius 1 is 1.30 bits per heavy atom. The Balaban J connectivity index is 1.44. The van der Waals surface area contributed by atoms with E-state index < -0.39 is 10.0 Å². The van der Waals surface area contributed by atoms with Crippen LogP contribution < -0.4 is 10.5 Å². The Kier molecular flexibility index (Phi) is 6.18. The number of benzene rings is 1. The van der Waals surface area contributed by atoms with Crippen LogP contribution >= 0.6 is 11.8 Å². The molecule has 1 aliphatic carbocycles. The van der Waals surface area contributed by atoms with Gasteiger partial charge in [-0.3, -0.25) is 4.79 Å². The lowest BCUT2D eigenvalue weighted by Crippen LogP contribution is -2.27. The third kappa shape index (κ3) is 5.30. The average Bonchev–Trinajstić information content (AvgIpc) is 3.39. The number of nitrogens with one attached hydrogen (secondary N) is 1. The number of rotatable bonds is 9. The fraction of sp³-hybridized carbons (Fsp3) is 0.471. The van der Waals surface area contributed by atoms with E-state index in [0.717, 1.165) is 23.1 Å². The van der Waals surface area contributed by atoms with E-state index >= 15 is 0 Å². The summed E-state index contributed by atoms with van der Waals surface area (Å²) < 4.78 is 24.5. The lowest BCUT2D eigenvalue weighted by Gasteiger charge is -2.07. The molecule has 1 heterocycles. The Morgan fingerprint density at radius 3 is 2.59 bits per heavy atom. The SMILES string of the molecule is CCn1c(SCC(=O)NCCc2ccc(S(N)(=O)=O)cc2)nnc1C1CC1. The van der Waals surface area contributed by atoms with Gasteiger partial charge in [0.25, 0.3) is 0 Å². The molecule has 3 rings (SSSR count). The van der Waals surface area contributed by atoms with Gasteiger partial charge >= 0.3 is 0 Å². The molecule has 1 aliphatic rings.